The van der Waals surface area contributed by atoms with Crippen LogP contribution in [0.3, 0.4) is 0 Å². The fraction of sp³-hybridized carbons (Fsp3) is 0.643. The molecule has 1 heterocycles. The Morgan fingerprint density at radius 2 is 2.33 bits per heavy atom. The highest BCUT2D eigenvalue weighted by Crippen LogP contribution is 2.31. The van der Waals surface area contributed by atoms with Crippen LogP contribution in [0, 0.1) is 11.8 Å². The third kappa shape index (κ3) is 3.77. The van der Waals surface area contributed by atoms with E-state index in [4.69, 9.17) is 5.84 Å². The molecule has 0 spiro atoms. The van der Waals surface area contributed by atoms with Gasteiger partial charge in [0.2, 0.25) is 0 Å². The lowest BCUT2D eigenvalue weighted by molar-refractivity contribution is 0.222. The van der Waals surface area contributed by atoms with Crippen molar-refractivity contribution in [1.29, 1.82) is 0 Å². The van der Waals surface area contributed by atoms with Crippen LogP contribution in [0.1, 0.15) is 38.2 Å². The molecule has 100 valence electrons. The maximum atomic E-state index is 5.75. The maximum Gasteiger partial charge on any atom is 0.0410 e. The standard InChI is InChI=1S/C14H22BrN3/c1-10-3-2-4-12(5-10)14(18-16)7-11-6-13(15)9-17-8-11/h6,8-10,12,14,18H,2-5,7,16H2,1H3. The Morgan fingerprint density at radius 1 is 1.50 bits per heavy atom. The molecule has 3 unspecified atom stereocenters. The summed E-state index contributed by atoms with van der Waals surface area (Å²) in [5.74, 6) is 7.28. The predicted octanol–water partition coefficient (Wildman–Crippen LogP) is 3.04. The lowest BCUT2D eigenvalue weighted by atomic mass is 9.77. The molecule has 1 fully saturated rings. The summed E-state index contributed by atoms with van der Waals surface area (Å²) in [6.45, 7) is 2.35. The number of aromatic nitrogens is 1. The summed E-state index contributed by atoms with van der Waals surface area (Å²) in [4.78, 5) is 4.22. The zero-order chi connectivity index (χ0) is 13.0. The second-order valence-corrected chi connectivity index (χ2v) is 6.44. The van der Waals surface area contributed by atoms with E-state index < -0.39 is 0 Å². The number of nitrogens with two attached hydrogens (primary N) is 1. The molecule has 18 heavy (non-hydrogen) atoms. The lowest BCUT2D eigenvalue weighted by Gasteiger charge is -2.33. The van der Waals surface area contributed by atoms with E-state index in [1.54, 1.807) is 0 Å². The van der Waals surface area contributed by atoms with Crippen LogP contribution < -0.4 is 11.3 Å². The molecule has 1 aliphatic carbocycles. The minimum absolute atomic E-state index is 0.365. The van der Waals surface area contributed by atoms with E-state index in [1.807, 2.05) is 12.4 Å². The van der Waals surface area contributed by atoms with Gasteiger partial charge in [-0.2, -0.15) is 0 Å². The lowest BCUT2D eigenvalue weighted by Crippen LogP contribution is -2.44. The number of hydrogen-bond donors (Lipinski definition) is 2. The third-order valence-corrected chi connectivity index (χ3v) is 4.41. The van der Waals surface area contributed by atoms with Crippen LogP contribution in [-0.4, -0.2) is 11.0 Å². The van der Waals surface area contributed by atoms with Crippen molar-refractivity contribution in [2.24, 2.45) is 17.7 Å². The highest BCUT2D eigenvalue weighted by atomic mass is 79.9. The van der Waals surface area contributed by atoms with Crippen molar-refractivity contribution in [3.05, 3.63) is 28.5 Å². The molecule has 2 rings (SSSR count). The Balaban J connectivity index is 2.00. The molecule has 3 atom stereocenters. The van der Waals surface area contributed by atoms with Gasteiger partial charge in [0.15, 0.2) is 0 Å². The van der Waals surface area contributed by atoms with Gasteiger partial charge in [0, 0.05) is 22.9 Å². The van der Waals surface area contributed by atoms with E-state index in [-0.39, 0.29) is 0 Å². The number of halogens is 1. The highest BCUT2D eigenvalue weighted by molar-refractivity contribution is 9.10. The Morgan fingerprint density at radius 3 is 3.00 bits per heavy atom. The van der Waals surface area contributed by atoms with Crippen LogP contribution in [-0.2, 0) is 6.42 Å². The van der Waals surface area contributed by atoms with Crippen molar-refractivity contribution >= 4 is 15.9 Å². The van der Waals surface area contributed by atoms with Crippen molar-refractivity contribution in [1.82, 2.24) is 10.4 Å². The van der Waals surface area contributed by atoms with E-state index in [2.05, 4.69) is 39.3 Å². The molecule has 3 nitrogen and oxygen atoms in total. The van der Waals surface area contributed by atoms with Gasteiger partial charge in [-0.15, -0.1) is 0 Å². The smallest absolute Gasteiger partial charge is 0.0410 e. The molecule has 0 radical (unpaired) electrons. The minimum atomic E-state index is 0.365. The van der Waals surface area contributed by atoms with E-state index in [0.29, 0.717) is 12.0 Å². The number of rotatable bonds is 4. The van der Waals surface area contributed by atoms with E-state index in [9.17, 15) is 0 Å². The van der Waals surface area contributed by atoms with Crippen LogP contribution in [0.5, 0.6) is 0 Å². The summed E-state index contributed by atoms with van der Waals surface area (Å²) in [6.07, 6.45) is 9.99. The Hall–Kier alpha value is -0.450. The van der Waals surface area contributed by atoms with Crippen molar-refractivity contribution in [2.45, 2.75) is 45.1 Å². The van der Waals surface area contributed by atoms with E-state index >= 15 is 0 Å². The first-order chi connectivity index (χ1) is 8.69. The van der Waals surface area contributed by atoms with Gasteiger partial charge in [-0.3, -0.25) is 16.3 Å². The zero-order valence-corrected chi connectivity index (χ0v) is 12.5. The molecule has 4 heteroatoms. The van der Waals surface area contributed by atoms with Gasteiger partial charge in [-0.05, 0) is 58.7 Å². The van der Waals surface area contributed by atoms with Gasteiger partial charge in [-0.1, -0.05) is 19.8 Å². The normalized spacial score (nSPS) is 25.9. The van der Waals surface area contributed by atoms with E-state index in [0.717, 1.165) is 16.8 Å². The van der Waals surface area contributed by atoms with Gasteiger partial charge < -0.3 is 0 Å². The number of pyridine rings is 1. The maximum absolute atomic E-state index is 5.75. The summed E-state index contributed by atoms with van der Waals surface area (Å²) in [6, 6.07) is 2.49. The van der Waals surface area contributed by atoms with Crippen LogP contribution >= 0.6 is 15.9 Å². The highest BCUT2D eigenvalue weighted by Gasteiger charge is 2.26. The fourth-order valence-electron chi connectivity index (χ4n) is 3.03. The third-order valence-electron chi connectivity index (χ3n) is 3.98. The second kappa shape index (κ2) is 6.64. The largest absolute Gasteiger partial charge is 0.271 e. The molecule has 1 aromatic rings. The first kappa shape index (κ1) is 14.0. The Kier molecular flexibility index (Phi) is 5.15. The van der Waals surface area contributed by atoms with Crippen LogP contribution in [0.4, 0.5) is 0 Å². The van der Waals surface area contributed by atoms with Crippen LogP contribution in [0.25, 0.3) is 0 Å². The van der Waals surface area contributed by atoms with Gasteiger partial charge in [0.05, 0.1) is 0 Å². The topological polar surface area (TPSA) is 50.9 Å². The number of nitrogens with one attached hydrogen (secondary N) is 1. The molecule has 0 aromatic carbocycles. The molecule has 1 saturated carbocycles. The molecule has 0 bridgehead atoms. The predicted molar refractivity (Wildman–Crippen MR) is 77.9 cm³/mol. The van der Waals surface area contributed by atoms with Gasteiger partial charge in [-0.25, -0.2) is 0 Å². The molecular formula is C14H22BrN3. The quantitative estimate of drug-likeness (QED) is 0.664. The van der Waals surface area contributed by atoms with Crippen molar-refractivity contribution < 1.29 is 0 Å². The molecule has 1 aromatic heterocycles. The Labute approximate surface area is 118 Å². The average Bonchev–Trinajstić information content (AvgIpc) is 2.36. The molecule has 0 aliphatic heterocycles. The van der Waals surface area contributed by atoms with Crippen molar-refractivity contribution in [3.8, 4) is 0 Å². The molecule has 1 aliphatic rings. The van der Waals surface area contributed by atoms with Gasteiger partial charge in [0.1, 0.15) is 0 Å². The molecular weight excluding hydrogens is 290 g/mol. The van der Waals surface area contributed by atoms with Crippen LogP contribution in [0.2, 0.25) is 0 Å². The summed E-state index contributed by atoms with van der Waals surface area (Å²) in [5, 5.41) is 0. The summed E-state index contributed by atoms with van der Waals surface area (Å²) >= 11 is 3.47. The zero-order valence-electron chi connectivity index (χ0n) is 10.9. The van der Waals surface area contributed by atoms with Crippen molar-refractivity contribution in [3.63, 3.8) is 0 Å². The summed E-state index contributed by atoms with van der Waals surface area (Å²) < 4.78 is 1.03. The fourth-order valence-corrected chi connectivity index (χ4v) is 3.44. The van der Waals surface area contributed by atoms with Gasteiger partial charge in [0.25, 0.3) is 0 Å². The SMILES string of the molecule is CC1CCCC(C(Cc2cncc(Br)c2)NN)C1. The number of nitrogens with zero attached hydrogens (tertiary/aromatic N) is 1. The van der Waals surface area contributed by atoms with Gasteiger partial charge >= 0.3 is 0 Å². The Bertz CT molecular complexity index is 383. The number of hydrogen-bond acceptors (Lipinski definition) is 3. The number of hydrazine groups is 1. The first-order valence-corrected chi connectivity index (χ1v) is 7.54. The summed E-state index contributed by atoms with van der Waals surface area (Å²) in [7, 11) is 0. The average molecular weight is 312 g/mol. The van der Waals surface area contributed by atoms with Crippen LogP contribution in [0.15, 0.2) is 22.9 Å². The second-order valence-electron chi connectivity index (χ2n) is 5.52. The molecule has 0 saturated heterocycles. The molecule has 3 N–H and O–H groups in total. The first-order valence-electron chi connectivity index (χ1n) is 6.74. The van der Waals surface area contributed by atoms with Crippen molar-refractivity contribution in [2.75, 3.05) is 0 Å². The van der Waals surface area contributed by atoms with E-state index in [1.165, 1.54) is 31.2 Å². The monoisotopic (exact) mass is 311 g/mol. The summed E-state index contributed by atoms with van der Waals surface area (Å²) in [5.41, 5.74) is 4.26. The minimum Gasteiger partial charge on any atom is -0.271 e. The molecule has 0 amide bonds.